The molecule has 0 aromatic carbocycles. The molecular weight excluding hydrogens is 238 g/mol. The van der Waals surface area contributed by atoms with E-state index in [9.17, 15) is 5.11 Å². The number of aliphatic hydroxyl groups excluding tert-OH is 1. The number of piperidine rings is 2. The standard InChI is InChI=1S/C15H31N3O/c1-3-13-11-18(9-6-15(13)19)12(2)10-17-7-4-14(16)5-8-17/h12-15,19H,3-11,16H2,1-2H3/t12-,13-,15-/m0/s1. The highest BCUT2D eigenvalue weighted by atomic mass is 16.3. The molecule has 4 heteroatoms. The molecular formula is C15H31N3O. The van der Waals surface area contributed by atoms with Gasteiger partial charge in [0.1, 0.15) is 0 Å². The Labute approximate surface area is 117 Å². The minimum absolute atomic E-state index is 0.0820. The second-order valence-electron chi connectivity index (χ2n) is 6.51. The summed E-state index contributed by atoms with van der Waals surface area (Å²) in [4.78, 5) is 5.12. The fraction of sp³-hybridized carbons (Fsp3) is 1.00. The number of nitrogens with two attached hydrogens (primary N) is 1. The van der Waals surface area contributed by atoms with Crippen LogP contribution in [0.2, 0.25) is 0 Å². The van der Waals surface area contributed by atoms with Crippen molar-refractivity contribution in [3.05, 3.63) is 0 Å². The van der Waals surface area contributed by atoms with Gasteiger partial charge in [-0.3, -0.25) is 4.90 Å². The molecule has 0 aliphatic carbocycles. The summed E-state index contributed by atoms with van der Waals surface area (Å²) in [6, 6.07) is 1.01. The maximum atomic E-state index is 9.97. The number of hydrogen-bond acceptors (Lipinski definition) is 4. The molecule has 0 amide bonds. The first kappa shape index (κ1) is 15.2. The summed E-state index contributed by atoms with van der Waals surface area (Å²) in [6.45, 7) is 10.1. The minimum atomic E-state index is -0.0820. The fourth-order valence-corrected chi connectivity index (χ4v) is 3.47. The molecule has 112 valence electrons. The van der Waals surface area contributed by atoms with Crippen molar-refractivity contribution in [3.63, 3.8) is 0 Å². The van der Waals surface area contributed by atoms with Crippen LogP contribution in [0.5, 0.6) is 0 Å². The number of aliphatic hydroxyl groups is 1. The fourth-order valence-electron chi connectivity index (χ4n) is 3.47. The van der Waals surface area contributed by atoms with Gasteiger partial charge in [0, 0.05) is 31.7 Å². The van der Waals surface area contributed by atoms with Crippen LogP contribution in [0.25, 0.3) is 0 Å². The van der Waals surface area contributed by atoms with Gasteiger partial charge in [0.2, 0.25) is 0 Å². The molecule has 0 aromatic rings. The average molecular weight is 269 g/mol. The molecule has 2 rings (SSSR count). The van der Waals surface area contributed by atoms with E-state index in [-0.39, 0.29) is 6.10 Å². The summed E-state index contributed by atoms with van der Waals surface area (Å²) < 4.78 is 0. The van der Waals surface area contributed by atoms with Crippen LogP contribution in [-0.4, -0.2) is 65.8 Å². The predicted octanol–water partition coefficient (Wildman–Crippen LogP) is 0.891. The largest absolute Gasteiger partial charge is 0.393 e. The second kappa shape index (κ2) is 7.02. The Morgan fingerprint density at radius 1 is 1.21 bits per heavy atom. The number of hydrogen-bond donors (Lipinski definition) is 2. The maximum Gasteiger partial charge on any atom is 0.0592 e. The smallest absolute Gasteiger partial charge is 0.0592 e. The zero-order chi connectivity index (χ0) is 13.8. The van der Waals surface area contributed by atoms with Gasteiger partial charge in [-0.1, -0.05) is 6.92 Å². The van der Waals surface area contributed by atoms with E-state index in [0.29, 0.717) is 18.0 Å². The van der Waals surface area contributed by atoms with Crippen LogP contribution in [0, 0.1) is 5.92 Å². The molecule has 3 N–H and O–H groups in total. The van der Waals surface area contributed by atoms with Crippen molar-refractivity contribution in [1.29, 1.82) is 0 Å². The van der Waals surface area contributed by atoms with Crippen molar-refractivity contribution in [2.24, 2.45) is 11.7 Å². The topological polar surface area (TPSA) is 52.7 Å². The lowest BCUT2D eigenvalue weighted by atomic mass is 9.91. The molecule has 2 aliphatic heterocycles. The van der Waals surface area contributed by atoms with Crippen molar-refractivity contribution in [2.45, 2.75) is 57.7 Å². The maximum absolute atomic E-state index is 9.97. The van der Waals surface area contributed by atoms with E-state index in [1.807, 2.05) is 0 Å². The van der Waals surface area contributed by atoms with Gasteiger partial charge in [-0.25, -0.2) is 0 Å². The average Bonchev–Trinajstić information content (AvgIpc) is 2.42. The van der Waals surface area contributed by atoms with Crippen LogP contribution < -0.4 is 5.73 Å². The Bertz CT molecular complexity index is 266. The van der Waals surface area contributed by atoms with E-state index in [0.717, 1.165) is 58.4 Å². The third-order valence-corrected chi connectivity index (χ3v) is 5.03. The van der Waals surface area contributed by atoms with E-state index in [1.54, 1.807) is 0 Å². The molecule has 0 unspecified atom stereocenters. The first-order valence-electron chi connectivity index (χ1n) is 8.00. The van der Waals surface area contributed by atoms with Gasteiger partial charge in [-0.05, 0) is 51.6 Å². The highest BCUT2D eigenvalue weighted by molar-refractivity contribution is 4.84. The van der Waals surface area contributed by atoms with Gasteiger partial charge in [-0.2, -0.15) is 0 Å². The lowest BCUT2D eigenvalue weighted by Gasteiger charge is -2.41. The number of likely N-dealkylation sites (tertiary alicyclic amines) is 2. The molecule has 2 aliphatic rings. The Hall–Kier alpha value is -0.160. The van der Waals surface area contributed by atoms with Crippen molar-refractivity contribution in [2.75, 3.05) is 32.7 Å². The molecule has 0 saturated carbocycles. The van der Waals surface area contributed by atoms with Crippen LogP contribution in [-0.2, 0) is 0 Å². The molecule has 2 heterocycles. The quantitative estimate of drug-likeness (QED) is 0.796. The summed E-state index contributed by atoms with van der Waals surface area (Å²) in [6.07, 6.45) is 4.23. The molecule has 3 atom stereocenters. The van der Waals surface area contributed by atoms with Gasteiger partial charge in [0.25, 0.3) is 0 Å². The minimum Gasteiger partial charge on any atom is -0.393 e. The lowest BCUT2D eigenvalue weighted by Crippen LogP contribution is -2.51. The van der Waals surface area contributed by atoms with Gasteiger partial charge in [0.05, 0.1) is 6.10 Å². The third-order valence-electron chi connectivity index (χ3n) is 5.03. The zero-order valence-corrected chi connectivity index (χ0v) is 12.6. The molecule has 0 aromatic heterocycles. The van der Waals surface area contributed by atoms with Crippen molar-refractivity contribution >= 4 is 0 Å². The Morgan fingerprint density at radius 2 is 1.89 bits per heavy atom. The summed E-state index contributed by atoms with van der Waals surface area (Å²) >= 11 is 0. The first-order chi connectivity index (χ1) is 9.10. The van der Waals surface area contributed by atoms with E-state index in [2.05, 4.69) is 23.6 Å². The molecule has 0 radical (unpaired) electrons. The van der Waals surface area contributed by atoms with Crippen LogP contribution in [0.3, 0.4) is 0 Å². The van der Waals surface area contributed by atoms with Gasteiger partial charge in [-0.15, -0.1) is 0 Å². The van der Waals surface area contributed by atoms with Gasteiger partial charge in [0.15, 0.2) is 0 Å². The van der Waals surface area contributed by atoms with Crippen molar-refractivity contribution in [1.82, 2.24) is 9.80 Å². The number of nitrogens with zero attached hydrogens (tertiary/aromatic N) is 2. The zero-order valence-electron chi connectivity index (χ0n) is 12.6. The number of rotatable bonds is 4. The summed E-state index contributed by atoms with van der Waals surface area (Å²) in [5.41, 5.74) is 5.96. The highest BCUT2D eigenvalue weighted by Crippen LogP contribution is 2.22. The van der Waals surface area contributed by atoms with Crippen LogP contribution in [0.15, 0.2) is 0 Å². The molecule has 0 spiro atoms. The normalized spacial score (nSPS) is 33.5. The Balaban J connectivity index is 1.78. The van der Waals surface area contributed by atoms with E-state index < -0.39 is 0 Å². The Morgan fingerprint density at radius 3 is 2.53 bits per heavy atom. The predicted molar refractivity (Wildman–Crippen MR) is 79.1 cm³/mol. The summed E-state index contributed by atoms with van der Waals surface area (Å²) in [5, 5.41) is 9.97. The lowest BCUT2D eigenvalue weighted by molar-refractivity contribution is 0.00356. The molecule has 2 fully saturated rings. The van der Waals surface area contributed by atoms with E-state index in [1.165, 1.54) is 0 Å². The van der Waals surface area contributed by atoms with Crippen LogP contribution >= 0.6 is 0 Å². The van der Waals surface area contributed by atoms with Crippen molar-refractivity contribution in [3.8, 4) is 0 Å². The van der Waals surface area contributed by atoms with Gasteiger partial charge < -0.3 is 15.7 Å². The Kier molecular flexibility index (Phi) is 5.63. The van der Waals surface area contributed by atoms with Crippen LogP contribution in [0.4, 0.5) is 0 Å². The monoisotopic (exact) mass is 269 g/mol. The molecule has 4 nitrogen and oxygen atoms in total. The SMILES string of the molecule is CC[C@H]1CN([C@@H](C)CN2CCC(N)CC2)CC[C@@H]1O. The highest BCUT2D eigenvalue weighted by Gasteiger charge is 2.29. The van der Waals surface area contributed by atoms with Gasteiger partial charge >= 0.3 is 0 Å². The van der Waals surface area contributed by atoms with Crippen LogP contribution in [0.1, 0.15) is 39.5 Å². The first-order valence-corrected chi connectivity index (χ1v) is 8.00. The molecule has 19 heavy (non-hydrogen) atoms. The molecule has 0 bridgehead atoms. The van der Waals surface area contributed by atoms with Crippen molar-refractivity contribution < 1.29 is 5.11 Å². The molecule has 2 saturated heterocycles. The third kappa shape index (κ3) is 4.15. The second-order valence-corrected chi connectivity index (χ2v) is 6.51. The van der Waals surface area contributed by atoms with E-state index >= 15 is 0 Å². The summed E-state index contributed by atoms with van der Waals surface area (Å²) in [5.74, 6) is 0.464. The van der Waals surface area contributed by atoms with E-state index in [4.69, 9.17) is 5.73 Å². The summed E-state index contributed by atoms with van der Waals surface area (Å²) in [7, 11) is 0.